The number of carbonyl (C=O) groups is 2. The average molecular weight is 299 g/mol. The Bertz CT molecular complexity index is 481. The maximum Gasteiger partial charge on any atom is 0.355 e. The molecule has 0 spiro atoms. The second-order valence-electron chi connectivity index (χ2n) is 5.12. The molecular formula is C14H19ClN2O3. The molecule has 1 amide bonds. The van der Waals surface area contributed by atoms with Crippen molar-refractivity contribution in [3.8, 4) is 0 Å². The molecule has 1 heterocycles. The van der Waals surface area contributed by atoms with E-state index >= 15 is 0 Å². The van der Waals surface area contributed by atoms with Crippen LogP contribution in [0.4, 0.5) is 0 Å². The molecular weight excluding hydrogens is 280 g/mol. The zero-order valence-electron chi connectivity index (χ0n) is 11.4. The highest BCUT2D eigenvalue weighted by Crippen LogP contribution is 2.17. The predicted octanol–water partition coefficient (Wildman–Crippen LogP) is 2.66. The minimum atomic E-state index is -0.813. The van der Waals surface area contributed by atoms with Crippen molar-refractivity contribution in [3.63, 3.8) is 0 Å². The summed E-state index contributed by atoms with van der Waals surface area (Å²) in [7, 11) is 0. The first-order valence-corrected chi connectivity index (χ1v) is 7.29. The van der Waals surface area contributed by atoms with Gasteiger partial charge in [-0.15, -0.1) is 0 Å². The van der Waals surface area contributed by atoms with Crippen molar-refractivity contribution in [2.24, 2.45) is 0 Å². The lowest BCUT2D eigenvalue weighted by Crippen LogP contribution is -2.42. The molecule has 1 aromatic rings. The van der Waals surface area contributed by atoms with Crippen molar-refractivity contribution >= 4 is 23.5 Å². The van der Waals surface area contributed by atoms with E-state index in [0.717, 1.165) is 25.7 Å². The molecule has 110 valence electrons. The van der Waals surface area contributed by atoms with Gasteiger partial charge in [0.2, 0.25) is 0 Å². The van der Waals surface area contributed by atoms with Crippen LogP contribution in [0.25, 0.3) is 0 Å². The Hall–Kier alpha value is -1.49. The lowest BCUT2D eigenvalue weighted by molar-refractivity contribution is -0.130. The van der Waals surface area contributed by atoms with E-state index in [1.807, 2.05) is 0 Å². The molecule has 0 aromatic carbocycles. The van der Waals surface area contributed by atoms with E-state index in [2.05, 4.69) is 10.3 Å². The monoisotopic (exact) mass is 298 g/mol. The number of aromatic amines is 1. The van der Waals surface area contributed by atoms with Crippen molar-refractivity contribution < 1.29 is 14.3 Å². The molecule has 1 unspecified atom stereocenters. The Balaban J connectivity index is 1.82. The van der Waals surface area contributed by atoms with Gasteiger partial charge in [0.1, 0.15) is 5.69 Å². The van der Waals surface area contributed by atoms with Crippen molar-refractivity contribution in [2.45, 2.75) is 51.2 Å². The van der Waals surface area contributed by atoms with Gasteiger partial charge in [-0.25, -0.2) is 4.79 Å². The van der Waals surface area contributed by atoms with Gasteiger partial charge in [0.05, 0.1) is 5.02 Å². The molecule has 0 aliphatic heterocycles. The summed E-state index contributed by atoms with van der Waals surface area (Å²) >= 11 is 5.71. The van der Waals surface area contributed by atoms with Crippen LogP contribution >= 0.6 is 11.6 Å². The van der Waals surface area contributed by atoms with Gasteiger partial charge in [-0.1, -0.05) is 30.9 Å². The summed E-state index contributed by atoms with van der Waals surface area (Å²) < 4.78 is 5.11. The smallest absolute Gasteiger partial charge is 0.355 e. The Morgan fingerprint density at radius 2 is 2.10 bits per heavy atom. The molecule has 1 fully saturated rings. The maximum absolute atomic E-state index is 12.0. The van der Waals surface area contributed by atoms with Crippen LogP contribution in [0.2, 0.25) is 5.02 Å². The molecule has 1 aliphatic rings. The molecule has 20 heavy (non-hydrogen) atoms. The molecule has 2 rings (SSSR count). The van der Waals surface area contributed by atoms with E-state index in [0.29, 0.717) is 5.02 Å². The quantitative estimate of drug-likeness (QED) is 0.840. The first-order chi connectivity index (χ1) is 9.56. The summed E-state index contributed by atoms with van der Waals surface area (Å²) in [6.45, 7) is 1.57. The number of amides is 1. The largest absolute Gasteiger partial charge is 0.448 e. The minimum absolute atomic E-state index is 0.206. The van der Waals surface area contributed by atoms with Gasteiger partial charge in [0, 0.05) is 12.2 Å². The number of nitrogens with one attached hydrogen (secondary N) is 2. The van der Waals surface area contributed by atoms with Crippen LogP contribution in [-0.2, 0) is 9.53 Å². The summed E-state index contributed by atoms with van der Waals surface area (Å²) in [5, 5.41) is 3.36. The van der Waals surface area contributed by atoms with Crippen molar-refractivity contribution in [3.05, 3.63) is 23.0 Å². The van der Waals surface area contributed by atoms with Crippen molar-refractivity contribution in [1.29, 1.82) is 0 Å². The Morgan fingerprint density at radius 1 is 1.40 bits per heavy atom. The van der Waals surface area contributed by atoms with Crippen LogP contribution < -0.4 is 5.32 Å². The summed E-state index contributed by atoms with van der Waals surface area (Å²) in [5.74, 6) is -0.828. The van der Waals surface area contributed by atoms with Gasteiger partial charge in [-0.05, 0) is 25.8 Å². The van der Waals surface area contributed by atoms with Gasteiger partial charge in [0.25, 0.3) is 5.91 Å². The first kappa shape index (κ1) is 14.9. The number of H-pyrrole nitrogens is 1. The van der Waals surface area contributed by atoms with Crippen LogP contribution in [0.5, 0.6) is 0 Å². The summed E-state index contributed by atoms with van der Waals surface area (Å²) in [6, 6.07) is 1.67. The molecule has 1 atom stereocenters. The molecule has 2 N–H and O–H groups in total. The SMILES string of the molecule is CC(OC(=O)c1cc(Cl)c[nH]1)C(=O)NC1CCCCC1. The Labute approximate surface area is 123 Å². The maximum atomic E-state index is 12.0. The van der Waals surface area contributed by atoms with E-state index in [1.165, 1.54) is 18.7 Å². The number of aromatic nitrogens is 1. The van der Waals surface area contributed by atoms with Gasteiger partial charge in [-0.3, -0.25) is 4.79 Å². The lowest BCUT2D eigenvalue weighted by atomic mass is 9.95. The van der Waals surface area contributed by atoms with E-state index in [4.69, 9.17) is 16.3 Å². The molecule has 1 saturated carbocycles. The summed E-state index contributed by atoms with van der Waals surface area (Å²) in [5.41, 5.74) is 0.243. The van der Waals surface area contributed by atoms with Crippen LogP contribution in [0.1, 0.15) is 49.5 Å². The third-order valence-electron chi connectivity index (χ3n) is 3.47. The molecule has 0 bridgehead atoms. The van der Waals surface area contributed by atoms with Gasteiger partial charge < -0.3 is 15.0 Å². The first-order valence-electron chi connectivity index (χ1n) is 6.91. The molecule has 5 nitrogen and oxygen atoms in total. The average Bonchev–Trinajstić information content (AvgIpc) is 2.86. The second-order valence-corrected chi connectivity index (χ2v) is 5.56. The highest BCUT2D eigenvalue weighted by atomic mass is 35.5. The van der Waals surface area contributed by atoms with Gasteiger partial charge in [0.15, 0.2) is 6.10 Å². The number of rotatable bonds is 4. The zero-order chi connectivity index (χ0) is 14.5. The number of ether oxygens (including phenoxy) is 1. The van der Waals surface area contributed by atoms with Crippen molar-refractivity contribution in [1.82, 2.24) is 10.3 Å². The highest BCUT2D eigenvalue weighted by molar-refractivity contribution is 6.30. The van der Waals surface area contributed by atoms with E-state index in [9.17, 15) is 9.59 Å². The topological polar surface area (TPSA) is 71.2 Å². The van der Waals surface area contributed by atoms with Crippen LogP contribution in [-0.4, -0.2) is 29.0 Å². The predicted molar refractivity (Wildman–Crippen MR) is 75.7 cm³/mol. The fraction of sp³-hybridized carbons (Fsp3) is 0.571. The Morgan fingerprint density at radius 3 is 2.70 bits per heavy atom. The summed E-state index contributed by atoms with van der Waals surface area (Å²) in [4.78, 5) is 26.4. The van der Waals surface area contributed by atoms with Crippen LogP contribution in [0, 0.1) is 0 Å². The van der Waals surface area contributed by atoms with Crippen molar-refractivity contribution in [2.75, 3.05) is 0 Å². The highest BCUT2D eigenvalue weighted by Gasteiger charge is 2.23. The molecule has 1 aromatic heterocycles. The number of hydrogen-bond acceptors (Lipinski definition) is 3. The van der Waals surface area contributed by atoms with Gasteiger partial charge >= 0.3 is 5.97 Å². The standard InChI is InChI=1S/C14H19ClN2O3/c1-9(13(18)17-11-5-3-2-4-6-11)20-14(19)12-7-10(15)8-16-12/h7-9,11,16H,2-6H2,1H3,(H,17,18). The van der Waals surface area contributed by atoms with E-state index in [-0.39, 0.29) is 17.6 Å². The molecule has 0 saturated heterocycles. The van der Waals surface area contributed by atoms with Crippen LogP contribution in [0.15, 0.2) is 12.3 Å². The third kappa shape index (κ3) is 4.00. The fourth-order valence-electron chi connectivity index (χ4n) is 2.33. The lowest BCUT2D eigenvalue weighted by Gasteiger charge is -2.24. The number of esters is 1. The molecule has 1 aliphatic carbocycles. The van der Waals surface area contributed by atoms with E-state index in [1.54, 1.807) is 6.92 Å². The third-order valence-corrected chi connectivity index (χ3v) is 3.69. The minimum Gasteiger partial charge on any atom is -0.448 e. The molecule has 6 heteroatoms. The second kappa shape index (κ2) is 6.79. The zero-order valence-corrected chi connectivity index (χ0v) is 12.2. The number of carbonyl (C=O) groups excluding carboxylic acids is 2. The fourth-order valence-corrected chi connectivity index (χ4v) is 2.49. The van der Waals surface area contributed by atoms with E-state index < -0.39 is 12.1 Å². The summed E-state index contributed by atoms with van der Waals surface area (Å²) in [6.07, 6.45) is 6.18. The number of halogens is 1. The van der Waals surface area contributed by atoms with Crippen LogP contribution in [0.3, 0.4) is 0 Å². The van der Waals surface area contributed by atoms with Gasteiger partial charge in [-0.2, -0.15) is 0 Å². The number of hydrogen-bond donors (Lipinski definition) is 2. The molecule has 0 radical (unpaired) electrons. The Kier molecular flexibility index (Phi) is 5.06. The normalized spacial score (nSPS) is 17.5.